The van der Waals surface area contributed by atoms with Crippen LogP contribution in [0.5, 0.6) is 0 Å². The Labute approximate surface area is 218 Å². The lowest BCUT2D eigenvalue weighted by atomic mass is 9.92. The number of carbonyl (C=O) groups is 2. The maximum absolute atomic E-state index is 12.4. The molecule has 9 heteroatoms. The number of rotatable bonds is 7. The van der Waals surface area contributed by atoms with Crippen LogP contribution in [0.4, 0.5) is 15.4 Å². The number of alkyl carbamates (subject to hydrolysis) is 2. The van der Waals surface area contributed by atoms with Crippen molar-refractivity contribution in [2.24, 2.45) is 5.92 Å². The first-order valence-electron chi connectivity index (χ1n) is 12.9. The average molecular weight is 511 g/mol. The normalized spacial score (nSPS) is 21.2. The number of fused-ring (bicyclic) bond motifs is 1. The van der Waals surface area contributed by atoms with Gasteiger partial charge in [0.2, 0.25) is 0 Å². The SMILES string of the molecule is COC[C@H]1CN(c2ccc3c(n2)CC[C@H](NC(=O)OCc2ccccc2)C3)C[C@H]1NC(=O)OC(C)(C)C. The van der Waals surface area contributed by atoms with Gasteiger partial charge in [0.15, 0.2) is 0 Å². The van der Waals surface area contributed by atoms with Gasteiger partial charge in [0.1, 0.15) is 18.0 Å². The molecule has 2 aliphatic rings. The predicted octanol–water partition coefficient (Wildman–Crippen LogP) is 3.84. The number of methoxy groups -OCH3 is 1. The van der Waals surface area contributed by atoms with E-state index in [1.165, 1.54) is 0 Å². The number of anilines is 1. The van der Waals surface area contributed by atoms with Gasteiger partial charge in [-0.15, -0.1) is 0 Å². The highest BCUT2D eigenvalue weighted by atomic mass is 16.6. The Kier molecular flexibility index (Phi) is 8.53. The van der Waals surface area contributed by atoms with Crippen LogP contribution >= 0.6 is 0 Å². The van der Waals surface area contributed by atoms with Gasteiger partial charge >= 0.3 is 12.2 Å². The number of nitrogens with zero attached hydrogens (tertiary/aromatic N) is 2. The minimum absolute atomic E-state index is 0.0173. The number of benzene rings is 1. The molecule has 0 saturated carbocycles. The molecule has 0 radical (unpaired) electrons. The minimum Gasteiger partial charge on any atom is -0.445 e. The summed E-state index contributed by atoms with van der Waals surface area (Å²) in [5, 5.41) is 6.01. The van der Waals surface area contributed by atoms with Gasteiger partial charge in [-0.25, -0.2) is 14.6 Å². The standard InChI is InChI=1S/C28H38N4O5/c1-28(2,3)37-27(34)31-24-16-32(15-21(24)18-35-4)25-13-10-20-14-22(11-12-23(20)30-25)29-26(33)36-17-19-8-6-5-7-9-19/h5-10,13,21-22,24H,11-12,14-18H2,1-4H3,(H,29,33)(H,31,34)/t21-,22+,24-/m1/s1. The number of ether oxygens (including phenoxy) is 3. The first-order valence-corrected chi connectivity index (χ1v) is 12.9. The van der Waals surface area contributed by atoms with Gasteiger partial charge in [-0.05, 0) is 57.2 Å². The second-order valence-electron chi connectivity index (χ2n) is 10.8. The molecule has 4 rings (SSSR count). The molecule has 1 aromatic heterocycles. The lowest BCUT2D eigenvalue weighted by molar-refractivity contribution is 0.0480. The molecule has 1 fully saturated rings. The Bertz CT molecular complexity index is 1070. The van der Waals surface area contributed by atoms with E-state index < -0.39 is 17.8 Å². The largest absolute Gasteiger partial charge is 0.445 e. The summed E-state index contributed by atoms with van der Waals surface area (Å²) >= 11 is 0. The molecule has 1 aromatic carbocycles. The smallest absolute Gasteiger partial charge is 0.407 e. The zero-order chi connectivity index (χ0) is 26.4. The third-order valence-corrected chi connectivity index (χ3v) is 6.63. The third kappa shape index (κ3) is 7.58. The molecule has 0 spiro atoms. The average Bonchev–Trinajstić information content (AvgIpc) is 3.24. The van der Waals surface area contributed by atoms with E-state index in [0.717, 1.165) is 48.4 Å². The van der Waals surface area contributed by atoms with Crippen LogP contribution in [0.3, 0.4) is 0 Å². The van der Waals surface area contributed by atoms with Crippen molar-refractivity contribution in [1.82, 2.24) is 15.6 Å². The van der Waals surface area contributed by atoms with Crippen LogP contribution in [0.2, 0.25) is 0 Å². The number of hydrogen-bond acceptors (Lipinski definition) is 7. The summed E-state index contributed by atoms with van der Waals surface area (Å²) in [7, 11) is 1.67. The summed E-state index contributed by atoms with van der Waals surface area (Å²) in [5.74, 6) is 1.02. The second-order valence-corrected chi connectivity index (χ2v) is 10.8. The van der Waals surface area contributed by atoms with Gasteiger partial charge in [0.25, 0.3) is 0 Å². The summed E-state index contributed by atoms with van der Waals surface area (Å²) in [6, 6.07) is 13.7. The highest BCUT2D eigenvalue weighted by Gasteiger charge is 2.36. The molecule has 0 bridgehead atoms. The Balaban J connectivity index is 1.32. The lowest BCUT2D eigenvalue weighted by Crippen LogP contribution is -2.44. The monoisotopic (exact) mass is 510 g/mol. The highest BCUT2D eigenvalue weighted by molar-refractivity contribution is 5.68. The summed E-state index contributed by atoms with van der Waals surface area (Å²) in [4.78, 5) is 31.8. The maximum Gasteiger partial charge on any atom is 0.407 e. The van der Waals surface area contributed by atoms with Crippen LogP contribution < -0.4 is 15.5 Å². The Morgan fingerprint density at radius 2 is 1.84 bits per heavy atom. The molecular formula is C28H38N4O5. The van der Waals surface area contributed by atoms with Gasteiger partial charge in [0, 0.05) is 37.9 Å². The summed E-state index contributed by atoms with van der Waals surface area (Å²) in [6.45, 7) is 7.72. The van der Waals surface area contributed by atoms with E-state index in [-0.39, 0.29) is 24.6 Å². The van der Waals surface area contributed by atoms with Crippen molar-refractivity contribution in [2.45, 2.75) is 64.3 Å². The van der Waals surface area contributed by atoms with E-state index >= 15 is 0 Å². The molecule has 9 nitrogen and oxygen atoms in total. The zero-order valence-electron chi connectivity index (χ0n) is 22.2. The molecule has 1 aliphatic carbocycles. The maximum atomic E-state index is 12.4. The molecule has 1 saturated heterocycles. The molecule has 2 N–H and O–H groups in total. The lowest BCUT2D eigenvalue weighted by Gasteiger charge is -2.26. The van der Waals surface area contributed by atoms with Crippen LogP contribution in [-0.4, -0.2) is 61.7 Å². The molecular weight excluding hydrogens is 472 g/mol. The number of pyridine rings is 1. The van der Waals surface area contributed by atoms with Gasteiger partial charge in [-0.1, -0.05) is 36.4 Å². The van der Waals surface area contributed by atoms with Gasteiger partial charge in [-0.2, -0.15) is 0 Å². The van der Waals surface area contributed by atoms with Crippen molar-refractivity contribution in [3.63, 3.8) is 0 Å². The van der Waals surface area contributed by atoms with Gasteiger partial charge in [-0.3, -0.25) is 0 Å². The van der Waals surface area contributed by atoms with E-state index in [0.29, 0.717) is 13.2 Å². The van der Waals surface area contributed by atoms with E-state index in [4.69, 9.17) is 19.2 Å². The van der Waals surface area contributed by atoms with Gasteiger partial charge < -0.3 is 29.7 Å². The molecule has 37 heavy (non-hydrogen) atoms. The van der Waals surface area contributed by atoms with Crippen molar-refractivity contribution in [2.75, 3.05) is 31.7 Å². The number of aryl methyl sites for hydroxylation is 1. The Hall–Kier alpha value is -3.33. The van der Waals surface area contributed by atoms with Crippen molar-refractivity contribution in [3.05, 3.63) is 59.3 Å². The van der Waals surface area contributed by atoms with E-state index in [2.05, 4.69) is 21.6 Å². The molecule has 2 aromatic rings. The molecule has 200 valence electrons. The fourth-order valence-corrected chi connectivity index (χ4v) is 4.89. The molecule has 2 amide bonds. The molecule has 1 aliphatic heterocycles. The van der Waals surface area contributed by atoms with Crippen molar-refractivity contribution in [3.8, 4) is 0 Å². The Morgan fingerprint density at radius 3 is 2.57 bits per heavy atom. The molecule has 2 heterocycles. The van der Waals surface area contributed by atoms with Crippen molar-refractivity contribution < 1.29 is 23.8 Å². The third-order valence-electron chi connectivity index (χ3n) is 6.63. The zero-order valence-corrected chi connectivity index (χ0v) is 22.2. The number of carbonyl (C=O) groups excluding carboxylic acids is 2. The van der Waals surface area contributed by atoms with Crippen LogP contribution in [0.1, 0.15) is 44.0 Å². The first-order chi connectivity index (χ1) is 17.7. The van der Waals surface area contributed by atoms with Gasteiger partial charge in [0.05, 0.1) is 12.6 Å². The van der Waals surface area contributed by atoms with Crippen LogP contribution in [0.15, 0.2) is 42.5 Å². The topological polar surface area (TPSA) is 102 Å². The number of nitrogens with one attached hydrogen (secondary N) is 2. The number of aromatic nitrogens is 1. The quantitative estimate of drug-likeness (QED) is 0.584. The summed E-state index contributed by atoms with van der Waals surface area (Å²) < 4.78 is 16.2. The predicted molar refractivity (Wildman–Crippen MR) is 141 cm³/mol. The van der Waals surface area contributed by atoms with Crippen molar-refractivity contribution >= 4 is 18.0 Å². The number of hydrogen-bond donors (Lipinski definition) is 2. The summed E-state index contributed by atoms with van der Waals surface area (Å²) in [5.41, 5.74) is 2.60. The summed E-state index contributed by atoms with van der Waals surface area (Å²) in [6.07, 6.45) is 1.49. The first kappa shape index (κ1) is 26.7. The van der Waals surface area contributed by atoms with E-state index in [1.54, 1.807) is 7.11 Å². The van der Waals surface area contributed by atoms with E-state index in [1.807, 2.05) is 57.2 Å². The fraction of sp³-hybridized carbons (Fsp3) is 0.536. The molecule has 3 atom stereocenters. The van der Waals surface area contributed by atoms with Crippen molar-refractivity contribution in [1.29, 1.82) is 0 Å². The number of amides is 2. The second kappa shape index (κ2) is 11.8. The highest BCUT2D eigenvalue weighted by Crippen LogP contribution is 2.27. The van der Waals surface area contributed by atoms with Crippen LogP contribution in [0, 0.1) is 5.92 Å². The van der Waals surface area contributed by atoms with Crippen LogP contribution in [0.25, 0.3) is 0 Å². The van der Waals surface area contributed by atoms with Crippen LogP contribution in [-0.2, 0) is 33.7 Å². The molecule has 0 unspecified atom stereocenters. The van der Waals surface area contributed by atoms with E-state index in [9.17, 15) is 9.59 Å². The Morgan fingerprint density at radius 1 is 1.05 bits per heavy atom. The fourth-order valence-electron chi connectivity index (χ4n) is 4.89. The minimum atomic E-state index is -0.551.